The third-order valence-corrected chi connectivity index (χ3v) is 7.87. The molecule has 176 valence electrons. The van der Waals surface area contributed by atoms with Gasteiger partial charge in [-0.25, -0.2) is 4.98 Å². The predicted molar refractivity (Wildman–Crippen MR) is 153 cm³/mol. The van der Waals surface area contributed by atoms with Gasteiger partial charge in [-0.1, -0.05) is 42.5 Å². The number of furan rings is 1. The van der Waals surface area contributed by atoms with E-state index < -0.39 is 0 Å². The Morgan fingerprint density at radius 1 is 0.579 bits per heavy atom. The molecule has 0 spiro atoms. The topological polar surface area (TPSA) is 73.6 Å². The molecule has 0 N–H and O–H groups in total. The van der Waals surface area contributed by atoms with Crippen molar-refractivity contribution in [3.8, 4) is 45.0 Å². The maximum Gasteiger partial charge on any atom is 0.136 e. The van der Waals surface area contributed by atoms with Gasteiger partial charge in [-0.2, -0.15) is 10.5 Å². The van der Waals surface area contributed by atoms with Crippen LogP contribution >= 0.6 is 11.3 Å². The van der Waals surface area contributed by atoms with E-state index in [0.29, 0.717) is 11.1 Å². The first-order valence-corrected chi connectivity index (χ1v) is 12.9. The lowest BCUT2D eigenvalue weighted by molar-refractivity contribution is 0.669. The largest absolute Gasteiger partial charge is 0.456 e. The van der Waals surface area contributed by atoms with Crippen molar-refractivity contribution in [3.05, 3.63) is 114 Å². The monoisotopic (exact) mass is 503 g/mol. The van der Waals surface area contributed by atoms with Gasteiger partial charge in [0.2, 0.25) is 0 Å². The van der Waals surface area contributed by atoms with Crippen molar-refractivity contribution in [2.75, 3.05) is 0 Å². The van der Waals surface area contributed by atoms with Gasteiger partial charge >= 0.3 is 0 Å². The van der Waals surface area contributed by atoms with Gasteiger partial charge in [-0.3, -0.25) is 0 Å². The zero-order chi connectivity index (χ0) is 25.6. The Hall–Kier alpha value is -5.23. The average Bonchev–Trinajstić information content (AvgIpc) is 3.58. The van der Waals surface area contributed by atoms with Gasteiger partial charge in [-0.15, -0.1) is 11.3 Å². The second-order valence-corrected chi connectivity index (χ2v) is 10.1. The Bertz CT molecular complexity index is 2090. The van der Waals surface area contributed by atoms with Crippen LogP contribution in [0.1, 0.15) is 11.1 Å². The minimum Gasteiger partial charge on any atom is -0.456 e. The number of thiazole rings is 1. The number of rotatable bonds is 3. The summed E-state index contributed by atoms with van der Waals surface area (Å²) in [6.07, 6.45) is 0. The molecule has 0 saturated carbocycles. The summed E-state index contributed by atoms with van der Waals surface area (Å²) in [7, 11) is 0. The predicted octanol–water partition coefficient (Wildman–Crippen LogP) is 8.94. The van der Waals surface area contributed by atoms with Gasteiger partial charge in [0.1, 0.15) is 28.3 Å². The second kappa shape index (κ2) is 8.71. The first-order valence-electron chi connectivity index (χ1n) is 12.1. The number of hydrogen-bond donors (Lipinski definition) is 0. The summed E-state index contributed by atoms with van der Waals surface area (Å²) in [6.45, 7) is 0. The van der Waals surface area contributed by atoms with Crippen LogP contribution in [0.4, 0.5) is 0 Å². The molecule has 0 saturated heterocycles. The summed E-state index contributed by atoms with van der Waals surface area (Å²) in [6, 6.07) is 38.5. The highest BCUT2D eigenvalue weighted by molar-refractivity contribution is 7.21. The molecule has 0 aliphatic heterocycles. The highest BCUT2D eigenvalue weighted by Crippen LogP contribution is 2.38. The smallest absolute Gasteiger partial charge is 0.136 e. The Labute approximate surface area is 222 Å². The van der Waals surface area contributed by atoms with Gasteiger partial charge in [-0.05, 0) is 82.9 Å². The number of fused-ring (bicyclic) bond motifs is 4. The lowest BCUT2D eigenvalue weighted by Gasteiger charge is -2.10. The van der Waals surface area contributed by atoms with E-state index in [1.54, 1.807) is 23.5 Å². The van der Waals surface area contributed by atoms with Gasteiger partial charge in [0.05, 0.1) is 21.3 Å². The summed E-state index contributed by atoms with van der Waals surface area (Å²) in [5.41, 5.74) is 8.24. The van der Waals surface area contributed by atoms with Crippen LogP contribution in [0.2, 0.25) is 0 Å². The highest BCUT2D eigenvalue weighted by Gasteiger charge is 2.14. The minimum absolute atomic E-state index is 0.362. The number of nitriles is 2. The summed E-state index contributed by atoms with van der Waals surface area (Å²) in [4.78, 5) is 4.90. The zero-order valence-electron chi connectivity index (χ0n) is 20.0. The first kappa shape index (κ1) is 22.0. The molecule has 7 rings (SSSR count). The standard InChI is InChI=1S/C33H17N3OS/c34-18-22-10-9-20(13-26(22)19-35)23-14-24(16-25(15-23)33-36-29-6-2-4-8-32(29)38-33)21-11-12-28-27-5-1-3-7-30(27)37-31(28)17-21/h1-17H. The Morgan fingerprint density at radius 3 is 2.08 bits per heavy atom. The van der Waals surface area contributed by atoms with Gasteiger partial charge in [0, 0.05) is 16.3 Å². The Kier molecular flexibility index (Phi) is 5.04. The lowest BCUT2D eigenvalue weighted by atomic mass is 9.94. The molecule has 0 radical (unpaired) electrons. The second-order valence-electron chi connectivity index (χ2n) is 9.08. The lowest BCUT2D eigenvalue weighted by Crippen LogP contribution is -1.89. The number of hydrogen-bond acceptors (Lipinski definition) is 5. The third-order valence-electron chi connectivity index (χ3n) is 6.78. The molecule has 38 heavy (non-hydrogen) atoms. The maximum absolute atomic E-state index is 9.61. The van der Waals surface area contributed by atoms with Gasteiger partial charge in [0.15, 0.2) is 0 Å². The molecule has 2 aromatic heterocycles. The molecule has 0 atom stereocenters. The van der Waals surface area contributed by atoms with E-state index in [1.807, 2.05) is 42.5 Å². The van der Waals surface area contributed by atoms with Crippen LogP contribution in [0.3, 0.4) is 0 Å². The molecular weight excluding hydrogens is 486 g/mol. The number of nitrogens with zero attached hydrogens (tertiary/aromatic N) is 3. The molecule has 5 heteroatoms. The van der Waals surface area contributed by atoms with Gasteiger partial charge < -0.3 is 4.42 Å². The van der Waals surface area contributed by atoms with Crippen LogP contribution < -0.4 is 0 Å². The van der Waals surface area contributed by atoms with Crippen LogP contribution in [0.15, 0.2) is 108 Å². The van der Waals surface area contributed by atoms with Crippen LogP contribution in [-0.2, 0) is 0 Å². The molecule has 2 heterocycles. The highest BCUT2D eigenvalue weighted by atomic mass is 32.1. The first-order chi connectivity index (χ1) is 18.7. The fraction of sp³-hybridized carbons (Fsp3) is 0. The SMILES string of the molecule is N#Cc1ccc(-c2cc(-c3ccc4c(c3)oc3ccccc34)cc(-c3nc4ccccc4s3)c2)cc1C#N. The fourth-order valence-electron chi connectivity index (χ4n) is 4.90. The Morgan fingerprint density at radius 2 is 1.26 bits per heavy atom. The van der Waals surface area contributed by atoms with Crippen LogP contribution in [0.5, 0.6) is 0 Å². The quantitative estimate of drug-likeness (QED) is 0.241. The van der Waals surface area contributed by atoms with Crippen molar-refractivity contribution in [2.24, 2.45) is 0 Å². The van der Waals surface area contributed by atoms with Crippen molar-refractivity contribution in [1.29, 1.82) is 10.5 Å². The summed E-state index contributed by atoms with van der Waals surface area (Å²) < 4.78 is 7.29. The van der Waals surface area contributed by atoms with E-state index in [4.69, 9.17) is 9.40 Å². The molecule has 0 unspecified atom stereocenters. The van der Waals surface area contributed by atoms with E-state index in [-0.39, 0.29) is 0 Å². The van der Waals surface area contributed by atoms with E-state index in [0.717, 1.165) is 65.0 Å². The van der Waals surface area contributed by atoms with Crippen LogP contribution in [0.25, 0.3) is 65.0 Å². The normalized spacial score (nSPS) is 11.1. The molecule has 0 aliphatic rings. The molecular formula is C33H17N3OS. The summed E-state index contributed by atoms with van der Waals surface area (Å²) in [5.74, 6) is 0. The van der Waals surface area contributed by atoms with Crippen molar-refractivity contribution >= 4 is 43.5 Å². The third kappa shape index (κ3) is 3.62. The molecule has 4 nitrogen and oxygen atoms in total. The number of benzene rings is 5. The molecule has 5 aromatic carbocycles. The average molecular weight is 504 g/mol. The summed E-state index contributed by atoms with van der Waals surface area (Å²) in [5, 5.41) is 22.1. The fourth-order valence-corrected chi connectivity index (χ4v) is 5.85. The van der Waals surface area contributed by atoms with Crippen molar-refractivity contribution in [3.63, 3.8) is 0 Å². The van der Waals surface area contributed by atoms with E-state index in [1.165, 1.54) is 0 Å². The number of para-hydroxylation sites is 2. The summed E-state index contributed by atoms with van der Waals surface area (Å²) >= 11 is 1.65. The molecule has 0 aliphatic carbocycles. The van der Waals surface area contributed by atoms with Crippen LogP contribution in [0, 0.1) is 22.7 Å². The van der Waals surface area contributed by atoms with E-state index in [9.17, 15) is 10.5 Å². The minimum atomic E-state index is 0.362. The zero-order valence-corrected chi connectivity index (χ0v) is 20.8. The van der Waals surface area contributed by atoms with Crippen LogP contribution in [-0.4, -0.2) is 4.98 Å². The molecule has 0 fully saturated rings. The Balaban J connectivity index is 1.44. The van der Waals surface area contributed by atoms with Crippen molar-refractivity contribution in [2.45, 2.75) is 0 Å². The van der Waals surface area contributed by atoms with Gasteiger partial charge in [0.25, 0.3) is 0 Å². The molecule has 0 amide bonds. The van der Waals surface area contributed by atoms with Crippen molar-refractivity contribution < 1.29 is 4.42 Å². The van der Waals surface area contributed by atoms with E-state index in [2.05, 4.69) is 60.7 Å². The van der Waals surface area contributed by atoms with Crippen molar-refractivity contribution in [1.82, 2.24) is 4.98 Å². The number of aromatic nitrogens is 1. The van der Waals surface area contributed by atoms with E-state index >= 15 is 0 Å². The molecule has 0 bridgehead atoms. The maximum atomic E-state index is 9.61. The molecule has 7 aromatic rings.